The van der Waals surface area contributed by atoms with Gasteiger partial charge in [-0.15, -0.1) is 0 Å². The van der Waals surface area contributed by atoms with Gasteiger partial charge in [-0.05, 0) is 59.3 Å². The van der Waals surface area contributed by atoms with Gasteiger partial charge in [0.1, 0.15) is 22.3 Å². The highest BCUT2D eigenvalue weighted by Crippen LogP contribution is 2.41. The van der Waals surface area contributed by atoms with Gasteiger partial charge in [-0.3, -0.25) is 0 Å². The minimum absolute atomic E-state index is 0.668. The van der Waals surface area contributed by atoms with Gasteiger partial charge in [0.15, 0.2) is 0 Å². The van der Waals surface area contributed by atoms with Gasteiger partial charge in [-0.25, -0.2) is 0 Å². The minimum atomic E-state index is 0.668. The Kier molecular flexibility index (Phi) is 2.75. The summed E-state index contributed by atoms with van der Waals surface area (Å²) >= 11 is 12.2. The molecule has 0 saturated carbocycles. The van der Waals surface area contributed by atoms with E-state index in [0.29, 0.717) is 10.0 Å². The molecule has 0 saturated heterocycles. The van der Waals surface area contributed by atoms with Crippen LogP contribution in [0.5, 0.6) is 0 Å². The molecule has 0 unspecified atom stereocenters. The number of benzene rings is 4. The molecule has 6 rings (SSSR count). The lowest BCUT2D eigenvalue weighted by Gasteiger charge is -2.01. The first kappa shape index (κ1) is 14.5. The van der Waals surface area contributed by atoms with Crippen LogP contribution in [0.15, 0.2) is 69.5 Å². The highest BCUT2D eigenvalue weighted by Gasteiger charge is 2.15. The largest absolute Gasteiger partial charge is 0.456 e. The third-order valence-corrected chi connectivity index (χ3v) is 5.46. The number of hydrogen-bond acceptors (Lipinski definition) is 2. The van der Waals surface area contributed by atoms with Crippen molar-refractivity contribution in [3.8, 4) is 0 Å². The summed E-state index contributed by atoms with van der Waals surface area (Å²) in [6.45, 7) is 0. The van der Waals surface area contributed by atoms with Gasteiger partial charge in [0.2, 0.25) is 0 Å². The number of fused-ring (bicyclic) bond motifs is 9. The summed E-state index contributed by atoms with van der Waals surface area (Å²) in [4.78, 5) is 0. The maximum Gasteiger partial charge on any atom is 0.136 e. The van der Waals surface area contributed by atoms with Crippen LogP contribution in [0.3, 0.4) is 0 Å². The molecule has 4 aromatic carbocycles. The molecule has 0 amide bonds. The Morgan fingerprint density at radius 3 is 1.35 bits per heavy atom. The molecule has 0 bridgehead atoms. The van der Waals surface area contributed by atoms with E-state index in [1.807, 2.05) is 48.5 Å². The Labute approximate surface area is 157 Å². The van der Waals surface area contributed by atoms with Crippen LogP contribution < -0.4 is 0 Å². The van der Waals surface area contributed by atoms with Crippen LogP contribution in [-0.2, 0) is 0 Å². The molecule has 124 valence electrons. The average molecular weight is 377 g/mol. The van der Waals surface area contributed by atoms with Gasteiger partial charge >= 0.3 is 0 Å². The summed E-state index contributed by atoms with van der Waals surface area (Å²) in [5.41, 5.74) is 3.29. The Balaban J connectivity index is 1.87. The molecule has 0 atom stereocenters. The second-order valence-corrected chi connectivity index (χ2v) is 7.33. The van der Waals surface area contributed by atoms with Gasteiger partial charge in [0, 0.05) is 43.7 Å². The molecule has 0 aliphatic heterocycles. The van der Waals surface area contributed by atoms with Crippen molar-refractivity contribution in [3.05, 3.63) is 70.7 Å². The molecule has 0 radical (unpaired) electrons. The third kappa shape index (κ3) is 1.83. The first-order chi connectivity index (χ1) is 12.7. The molecule has 0 aliphatic carbocycles. The van der Waals surface area contributed by atoms with Crippen LogP contribution in [0, 0.1) is 0 Å². The lowest BCUT2D eigenvalue weighted by molar-refractivity contribution is 0.668. The van der Waals surface area contributed by atoms with Crippen LogP contribution >= 0.6 is 23.2 Å². The number of hydrogen-bond donors (Lipinski definition) is 0. The average Bonchev–Trinajstić information content (AvgIpc) is 3.17. The van der Waals surface area contributed by atoms with Crippen molar-refractivity contribution < 1.29 is 8.83 Å². The van der Waals surface area contributed by atoms with Crippen molar-refractivity contribution in [1.82, 2.24) is 0 Å². The molecule has 2 heterocycles. The van der Waals surface area contributed by atoms with Gasteiger partial charge < -0.3 is 8.83 Å². The first-order valence-electron chi connectivity index (χ1n) is 8.24. The van der Waals surface area contributed by atoms with Crippen molar-refractivity contribution in [1.29, 1.82) is 0 Å². The van der Waals surface area contributed by atoms with E-state index in [2.05, 4.69) is 12.1 Å². The van der Waals surface area contributed by atoms with Crippen LogP contribution in [0.4, 0.5) is 0 Å². The van der Waals surface area contributed by atoms with Crippen LogP contribution in [0.2, 0.25) is 10.0 Å². The zero-order valence-corrected chi connectivity index (χ0v) is 14.9. The normalized spacial score (nSPS) is 12.2. The molecule has 0 spiro atoms. The molecular formula is C22H10Cl2O2. The highest BCUT2D eigenvalue weighted by molar-refractivity contribution is 6.33. The van der Waals surface area contributed by atoms with Crippen LogP contribution in [0.1, 0.15) is 0 Å². The fourth-order valence-corrected chi connectivity index (χ4v) is 4.23. The summed E-state index contributed by atoms with van der Waals surface area (Å²) in [5, 5.41) is 7.92. The molecule has 2 aromatic heterocycles. The van der Waals surface area contributed by atoms with Gasteiger partial charge in [-0.2, -0.15) is 0 Å². The van der Waals surface area contributed by atoms with Crippen LogP contribution in [0.25, 0.3) is 54.6 Å². The standard InChI is InChI=1S/C22H10Cl2O2/c23-11-1-3-15-19(9-11)25-17-7-6-14-13(21(15)17)5-8-18-22(14)16-4-2-12(24)10-20(16)26-18/h1-10H. The molecule has 6 aromatic rings. The zero-order chi connectivity index (χ0) is 17.4. The van der Waals surface area contributed by atoms with Crippen molar-refractivity contribution in [3.63, 3.8) is 0 Å². The smallest absolute Gasteiger partial charge is 0.136 e. The monoisotopic (exact) mass is 376 g/mol. The Morgan fingerprint density at radius 2 is 0.885 bits per heavy atom. The Morgan fingerprint density at radius 1 is 0.462 bits per heavy atom. The molecule has 0 N–H and O–H groups in total. The molecule has 2 nitrogen and oxygen atoms in total. The van der Waals surface area contributed by atoms with Gasteiger partial charge in [-0.1, -0.05) is 23.2 Å². The fourth-order valence-electron chi connectivity index (χ4n) is 3.90. The van der Waals surface area contributed by atoms with E-state index in [-0.39, 0.29) is 0 Å². The quantitative estimate of drug-likeness (QED) is 0.268. The molecular weight excluding hydrogens is 367 g/mol. The van der Waals surface area contributed by atoms with Crippen molar-refractivity contribution in [2.45, 2.75) is 0 Å². The van der Waals surface area contributed by atoms with E-state index in [1.165, 1.54) is 0 Å². The van der Waals surface area contributed by atoms with Crippen molar-refractivity contribution in [2.24, 2.45) is 0 Å². The summed E-state index contributed by atoms with van der Waals surface area (Å²) in [7, 11) is 0. The fraction of sp³-hybridized carbons (Fsp3) is 0. The van der Waals surface area contributed by atoms with Gasteiger partial charge in [0.05, 0.1) is 0 Å². The summed E-state index contributed by atoms with van der Waals surface area (Å²) < 4.78 is 12.0. The predicted molar refractivity (Wildman–Crippen MR) is 109 cm³/mol. The zero-order valence-electron chi connectivity index (χ0n) is 13.3. The second kappa shape index (κ2) is 4.94. The SMILES string of the molecule is Clc1ccc2c(c1)oc1ccc3c(ccc4oc5cc(Cl)ccc5c43)c12. The third-order valence-electron chi connectivity index (χ3n) is 4.99. The number of furan rings is 2. The van der Waals surface area contributed by atoms with E-state index < -0.39 is 0 Å². The maximum atomic E-state index is 6.12. The molecule has 26 heavy (non-hydrogen) atoms. The van der Waals surface area contributed by atoms with E-state index in [1.54, 1.807) is 0 Å². The molecule has 4 heteroatoms. The molecule has 0 fully saturated rings. The van der Waals surface area contributed by atoms with E-state index in [0.717, 1.165) is 54.6 Å². The number of rotatable bonds is 0. The Bertz CT molecular complexity index is 1390. The topological polar surface area (TPSA) is 26.3 Å². The minimum Gasteiger partial charge on any atom is -0.456 e. The van der Waals surface area contributed by atoms with E-state index in [4.69, 9.17) is 32.0 Å². The maximum absolute atomic E-state index is 6.12. The lowest BCUT2D eigenvalue weighted by atomic mass is 9.99. The summed E-state index contributed by atoms with van der Waals surface area (Å²) in [5.74, 6) is 0. The summed E-state index contributed by atoms with van der Waals surface area (Å²) in [6.07, 6.45) is 0. The van der Waals surface area contributed by atoms with Crippen LogP contribution in [-0.4, -0.2) is 0 Å². The second-order valence-electron chi connectivity index (χ2n) is 6.46. The predicted octanol–water partition coefficient (Wildman–Crippen LogP) is 7.95. The highest BCUT2D eigenvalue weighted by atomic mass is 35.5. The lowest BCUT2D eigenvalue weighted by Crippen LogP contribution is -1.77. The summed E-state index contributed by atoms with van der Waals surface area (Å²) in [6, 6.07) is 19.7. The van der Waals surface area contributed by atoms with E-state index >= 15 is 0 Å². The number of halogens is 2. The van der Waals surface area contributed by atoms with Gasteiger partial charge in [0.25, 0.3) is 0 Å². The van der Waals surface area contributed by atoms with E-state index in [9.17, 15) is 0 Å². The first-order valence-corrected chi connectivity index (χ1v) is 9.00. The van der Waals surface area contributed by atoms with Crippen molar-refractivity contribution >= 4 is 77.9 Å². The Hall–Kier alpha value is -2.68. The molecule has 0 aliphatic rings. The van der Waals surface area contributed by atoms with Crippen molar-refractivity contribution in [2.75, 3.05) is 0 Å².